The fourth-order valence-corrected chi connectivity index (χ4v) is 2.33. The van der Waals surface area contributed by atoms with E-state index in [4.69, 9.17) is 0 Å². The lowest BCUT2D eigenvalue weighted by molar-refractivity contribution is -0.115. The molecule has 1 aromatic carbocycles. The molecule has 2 aromatic rings. The molecule has 0 radical (unpaired) electrons. The molecule has 104 valence electrons. The Morgan fingerprint density at radius 3 is 3.00 bits per heavy atom. The van der Waals surface area contributed by atoms with Crippen molar-refractivity contribution in [3.05, 3.63) is 36.0 Å². The van der Waals surface area contributed by atoms with Gasteiger partial charge in [0.1, 0.15) is 0 Å². The minimum atomic E-state index is -0.000318. The van der Waals surface area contributed by atoms with Crippen molar-refractivity contribution in [3.63, 3.8) is 0 Å². The number of pyridine rings is 1. The molecule has 0 atom stereocenters. The fourth-order valence-electron chi connectivity index (χ4n) is 2.33. The second-order valence-electron chi connectivity index (χ2n) is 5.45. The summed E-state index contributed by atoms with van der Waals surface area (Å²) in [5, 5.41) is 7.15. The average Bonchev–Trinajstić information content (AvgIpc) is 3.27. The van der Waals surface area contributed by atoms with Gasteiger partial charge in [0.05, 0.1) is 17.7 Å². The lowest BCUT2D eigenvalue weighted by Gasteiger charge is -2.10. The summed E-state index contributed by atoms with van der Waals surface area (Å²) < 4.78 is 0. The first-order chi connectivity index (χ1) is 9.74. The van der Waals surface area contributed by atoms with Crippen molar-refractivity contribution in [3.8, 4) is 0 Å². The largest absolute Gasteiger partial charge is 0.324 e. The van der Waals surface area contributed by atoms with Crippen LogP contribution in [0.4, 0.5) is 5.69 Å². The number of nitrogens with one attached hydrogen (secondary N) is 2. The quantitative estimate of drug-likeness (QED) is 0.876. The zero-order valence-electron chi connectivity index (χ0n) is 11.6. The SMILES string of the molecule is Cc1ccc(NC(=O)CNCC2CC2)c2cccnc12. The van der Waals surface area contributed by atoms with Crippen LogP contribution in [-0.2, 0) is 4.79 Å². The zero-order valence-corrected chi connectivity index (χ0v) is 11.6. The summed E-state index contributed by atoms with van der Waals surface area (Å²) in [5.41, 5.74) is 2.89. The highest BCUT2D eigenvalue weighted by molar-refractivity contribution is 6.02. The number of fused-ring (bicyclic) bond motifs is 1. The van der Waals surface area contributed by atoms with Crippen LogP contribution in [0, 0.1) is 12.8 Å². The van der Waals surface area contributed by atoms with E-state index in [0.29, 0.717) is 6.54 Å². The van der Waals surface area contributed by atoms with Crippen LogP contribution in [-0.4, -0.2) is 24.0 Å². The van der Waals surface area contributed by atoms with Crippen molar-refractivity contribution in [2.24, 2.45) is 5.92 Å². The second-order valence-corrected chi connectivity index (χ2v) is 5.45. The van der Waals surface area contributed by atoms with E-state index in [1.807, 2.05) is 31.2 Å². The van der Waals surface area contributed by atoms with Gasteiger partial charge < -0.3 is 10.6 Å². The maximum absolute atomic E-state index is 11.9. The number of aryl methyl sites for hydroxylation is 1. The first-order valence-electron chi connectivity index (χ1n) is 7.09. The Labute approximate surface area is 118 Å². The molecule has 1 saturated carbocycles. The normalized spacial score (nSPS) is 14.4. The lowest BCUT2D eigenvalue weighted by Crippen LogP contribution is -2.29. The van der Waals surface area contributed by atoms with E-state index in [-0.39, 0.29) is 5.91 Å². The van der Waals surface area contributed by atoms with Crippen molar-refractivity contribution in [2.75, 3.05) is 18.4 Å². The zero-order chi connectivity index (χ0) is 13.9. The van der Waals surface area contributed by atoms with E-state index in [2.05, 4.69) is 15.6 Å². The molecule has 2 N–H and O–H groups in total. The van der Waals surface area contributed by atoms with E-state index in [9.17, 15) is 4.79 Å². The van der Waals surface area contributed by atoms with Crippen LogP contribution in [0.5, 0.6) is 0 Å². The molecule has 4 heteroatoms. The summed E-state index contributed by atoms with van der Waals surface area (Å²) in [6.45, 7) is 3.34. The molecular weight excluding hydrogens is 250 g/mol. The Bertz CT molecular complexity index is 635. The third-order valence-electron chi connectivity index (χ3n) is 3.66. The molecule has 1 aromatic heterocycles. The van der Waals surface area contributed by atoms with Crippen LogP contribution in [0.2, 0.25) is 0 Å². The Kier molecular flexibility index (Phi) is 3.65. The van der Waals surface area contributed by atoms with Crippen molar-refractivity contribution in [2.45, 2.75) is 19.8 Å². The smallest absolute Gasteiger partial charge is 0.238 e. The molecule has 1 aliphatic rings. The standard InChI is InChI=1S/C16H19N3O/c1-11-4-7-14(13-3-2-8-18-16(11)13)19-15(20)10-17-9-12-5-6-12/h2-4,7-8,12,17H,5-6,9-10H2,1H3,(H,19,20). The predicted octanol–water partition coefficient (Wildman–Crippen LogP) is 2.48. The Balaban J connectivity index is 1.70. The first kappa shape index (κ1) is 13.1. The molecule has 1 heterocycles. The van der Waals surface area contributed by atoms with Gasteiger partial charge in [0.2, 0.25) is 5.91 Å². The van der Waals surface area contributed by atoms with Gasteiger partial charge in [0.15, 0.2) is 0 Å². The molecule has 0 saturated heterocycles. The summed E-state index contributed by atoms with van der Waals surface area (Å²) in [5.74, 6) is 0.784. The number of carbonyl (C=O) groups is 1. The highest BCUT2D eigenvalue weighted by Crippen LogP contribution is 2.27. The predicted molar refractivity (Wildman–Crippen MR) is 80.7 cm³/mol. The van der Waals surface area contributed by atoms with Crippen LogP contribution in [0.1, 0.15) is 18.4 Å². The van der Waals surface area contributed by atoms with Crippen LogP contribution >= 0.6 is 0 Å². The average molecular weight is 269 g/mol. The van der Waals surface area contributed by atoms with Crippen LogP contribution < -0.4 is 10.6 Å². The number of hydrogen-bond donors (Lipinski definition) is 2. The van der Waals surface area contributed by atoms with Crippen LogP contribution in [0.15, 0.2) is 30.5 Å². The molecule has 1 fully saturated rings. The summed E-state index contributed by atoms with van der Waals surface area (Å²) in [6.07, 6.45) is 4.36. The minimum absolute atomic E-state index is 0.000318. The van der Waals surface area contributed by atoms with Gasteiger partial charge in [-0.05, 0) is 56.0 Å². The van der Waals surface area contributed by atoms with Crippen molar-refractivity contribution in [1.29, 1.82) is 0 Å². The van der Waals surface area contributed by atoms with Gasteiger partial charge in [-0.1, -0.05) is 6.07 Å². The van der Waals surface area contributed by atoms with Crippen LogP contribution in [0.25, 0.3) is 10.9 Å². The molecule has 20 heavy (non-hydrogen) atoms. The van der Waals surface area contributed by atoms with Crippen LogP contribution in [0.3, 0.4) is 0 Å². The number of amides is 1. The van der Waals surface area contributed by atoms with Crippen molar-refractivity contribution >= 4 is 22.5 Å². The molecule has 0 unspecified atom stereocenters. The number of rotatable bonds is 5. The molecule has 0 bridgehead atoms. The van der Waals surface area contributed by atoms with Gasteiger partial charge in [-0.25, -0.2) is 0 Å². The number of carbonyl (C=O) groups excluding carboxylic acids is 1. The number of nitrogens with zero attached hydrogens (tertiary/aromatic N) is 1. The highest BCUT2D eigenvalue weighted by atomic mass is 16.1. The number of anilines is 1. The van der Waals surface area contributed by atoms with E-state index < -0.39 is 0 Å². The maximum atomic E-state index is 11.9. The maximum Gasteiger partial charge on any atom is 0.238 e. The van der Waals surface area contributed by atoms with E-state index in [1.165, 1.54) is 12.8 Å². The minimum Gasteiger partial charge on any atom is -0.324 e. The highest BCUT2D eigenvalue weighted by Gasteiger charge is 2.20. The fraction of sp³-hybridized carbons (Fsp3) is 0.375. The topological polar surface area (TPSA) is 54.0 Å². The van der Waals surface area contributed by atoms with Gasteiger partial charge in [-0.2, -0.15) is 0 Å². The molecular formula is C16H19N3O. The van der Waals surface area contributed by atoms with Crippen molar-refractivity contribution < 1.29 is 4.79 Å². The van der Waals surface area contributed by atoms with Gasteiger partial charge in [0.25, 0.3) is 0 Å². The number of benzene rings is 1. The van der Waals surface area contributed by atoms with Gasteiger partial charge in [0, 0.05) is 11.6 Å². The molecule has 4 nitrogen and oxygen atoms in total. The summed E-state index contributed by atoms with van der Waals surface area (Å²) in [7, 11) is 0. The second kappa shape index (κ2) is 5.59. The summed E-state index contributed by atoms with van der Waals surface area (Å²) in [4.78, 5) is 16.3. The third-order valence-corrected chi connectivity index (χ3v) is 3.66. The van der Waals surface area contributed by atoms with Crippen molar-refractivity contribution in [1.82, 2.24) is 10.3 Å². The number of aromatic nitrogens is 1. The molecule has 0 aliphatic heterocycles. The lowest BCUT2D eigenvalue weighted by atomic mass is 10.1. The third kappa shape index (κ3) is 2.96. The van der Waals surface area contributed by atoms with E-state index in [1.54, 1.807) is 6.20 Å². The Morgan fingerprint density at radius 1 is 1.35 bits per heavy atom. The van der Waals surface area contributed by atoms with Gasteiger partial charge in [-0.15, -0.1) is 0 Å². The Morgan fingerprint density at radius 2 is 2.20 bits per heavy atom. The first-order valence-corrected chi connectivity index (χ1v) is 7.09. The monoisotopic (exact) mass is 269 g/mol. The van der Waals surface area contributed by atoms with E-state index >= 15 is 0 Å². The molecule has 1 amide bonds. The Hall–Kier alpha value is -1.94. The van der Waals surface area contributed by atoms with E-state index in [0.717, 1.165) is 34.6 Å². The summed E-state index contributed by atoms with van der Waals surface area (Å²) >= 11 is 0. The van der Waals surface area contributed by atoms with Gasteiger partial charge in [-0.3, -0.25) is 9.78 Å². The number of hydrogen-bond acceptors (Lipinski definition) is 3. The summed E-state index contributed by atoms with van der Waals surface area (Å²) in [6, 6.07) is 7.81. The molecule has 0 spiro atoms. The van der Waals surface area contributed by atoms with Gasteiger partial charge >= 0.3 is 0 Å². The molecule has 3 rings (SSSR count). The molecule has 1 aliphatic carbocycles.